The van der Waals surface area contributed by atoms with E-state index in [4.69, 9.17) is 4.74 Å². The van der Waals surface area contributed by atoms with Crippen LogP contribution in [-0.4, -0.2) is 58.8 Å². The highest BCUT2D eigenvalue weighted by Crippen LogP contribution is 2.42. The third kappa shape index (κ3) is 3.48. The molecular formula is C26H27N3O4. The van der Waals surface area contributed by atoms with Crippen molar-refractivity contribution in [2.75, 3.05) is 20.2 Å². The number of rotatable bonds is 4. The average Bonchev–Trinajstić information content (AvgIpc) is 3.19. The van der Waals surface area contributed by atoms with E-state index in [1.54, 1.807) is 21.9 Å². The first kappa shape index (κ1) is 21.2. The Labute approximate surface area is 192 Å². The Balaban J connectivity index is 1.64. The molecule has 0 aliphatic carbocycles. The van der Waals surface area contributed by atoms with Gasteiger partial charge in [-0.15, -0.1) is 0 Å². The minimum Gasteiger partial charge on any atom is -0.465 e. The maximum absolute atomic E-state index is 13.5. The van der Waals surface area contributed by atoms with Crippen molar-refractivity contribution in [3.05, 3.63) is 70.9 Å². The topological polar surface area (TPSA) is 82.7 Å². The second-order valence-electron chi connectivity index (χ2n) is 9.21. The van der Waals surface area contributed by atoms with E-state index in [1.165, 1.54) is 7.11 Å². The van der Waals surface area contributed by atoms with E-state index >= 15 is 0 Å². The molecule has 7 heteroatoms. The fourth-order valence-electron chi connectivity index (χ4n) is 5.18. The van der Waals surface area contributed by atoms with Crippen molar-refractivity contribution in [1.29, 1.82) is 0 Å². The molecular weight excluding hydrogens is 418 g/mol. The summed E-state index contributed by atoms with van der Waals surface area (Å²) in [6, 6.07) is 14.1. The lowest BCUT2D eigenvalue weighted by Crippen LogP contribution is -2.63. The first-order valence-corrected chi connectivity index (χ1v) is 11.3. The van der Waals surface area contributed by atoms with Crippen LogP contribution in [0.15, 0.2) is 48.5 Å². The fraction of sp³-hybridized carbons (Fsp3) is 0.346. The number of fused-ring (bicyclic) bond motifs is 4. The van der Waals surface area contributed by atoms with Gasteiger partial charge in [0.15, 0.2) is 0 Å². The summed E-state index contributed by atoms with van der Waals surface area (Å²) in [7, 11) is 1.35. The highest BCUT2D eigenvalue weighted by molar-refractivity contribution is 5.97. The van der Waals surface area contributed by atoms with Crippen molar-refractivity contribution < 1.29 is 19.1 Å². The number of amides is 2. The second kappa shape index (κ2) is 8.06. The molecule has 2 aromatic carbocycles. The summed E-state index contributed by atoms with van der Waals surface area (Å²) in [4.78, 5) is 45.8. The summed E-state index contributed by atoms with van der Waals surface area (Å²) in [5.74, 6) is -0.202. The monoisotopic (exact) mass is 445 g/mol. The Morgan fingerprint density at radius 2 is 1.85 bits per heavy atom. The number of hydrogen-bond donors (Lipinski definition) is 1. The van der Waals surface area contributed by atoms with Crippen molar-refractivity contribution in [3.63, 3.8) is 0 Å². The normalized spacial score (nSPS) is 20.2. The average molecular weight is 446 g/mol. The number of ether oxygens (including phenoxy) is 1. The van der Waals surface area contributed by atoms with E-state index in [2.05, 4.69) is 24.9 Å². The first-order valence-electron chi connectivity index (χ1n) is 11.3. The number of aromatic amines is 1. The minimum absolute atomic E-state index is 0.00425. The quantitative estimate of drug-likeness (QED) is 0.625. The molecule has 0 spiro atoms. The standard InChI is InChI=1S/C26H27N3O4/c1-15(2)13-28-14-22(30)29-21(25(28)31)12-19-18-6-4-5-7-20(18)27-23(19)24(29)16-8-10-17(11-9-16)26(32)33-3/h4-11,15,21,24,27H,12-14H2,1-3H3/t21-,24?/m0/s1. The Morgan fingerprint density at radius 1 is 1.12 bits per heavy atom. The zero-order chi connectivity index (χ0) is 23.3. The van der Waals surface area contributed by atoms with E-state index in [9.17, 15) is 14.4 Å². The van der Waals surface area contributed by atoms with Crippen LogP contribution in [0.5, 0.6) is 0 Å². The smallest absolute Gasteiger partial charge is 0.337 e. The predicted octanol–water partition coefficient (Wildman–Crippen LogP) is 3.30. The van der Waals surface area contributed by atoms with Gasteiger partial charge in [-0.05, 0) is 35.2 Å². The van der Waals surface area contributed by atoms with Crippen LogP contribution in [0.3, 0.4) is 0 Å². The number of H-pyrrole nitrogens is 1. The molecule has 1 N–H and O–H groups in total. The van der Waals surface area contributed by atoms with Gasteiger partial charge in [0.2, 0.25) is 11.8 Å². The van der Waals surface area contributed by atoms with Crippen LogP contribution < -0.4 is 0 Å². The van der Waals surface area contributed by atoms with E-state index in [1.807, 2.05) is 30.3 Å². The van der Waals surface area contributed by atoms with E-state index in [-0.39, 0.29) is 24.3 Å². The lowest BCUT2D eigenvalue weighted by atomic mass is 9.86. The van der Waals surface area contributed by atoms with Gasteiger partial charge < -0.3 is 19.5 Å². The van der Waals surface area contributed by atoms with Crippen LogP contribution in [-0.2, 0) is 20.7 Å². The molecule has 2 aliphatic heterocycles. The highest BCUT2D eigenvalue weighted by atomic mass is 16.5. The number of benzene rings is 2. The maximum atomic E-state index is 13.5. The van der Waals surface area contributed by atoms with Crippen LogP contribution in [0.1, 0.15) is 47.1 Å². The zero-order valence-electron chi connectivity index (χ0n) is 19.0. The number of carbonyl (C=O) groups excluding carboxylic acids is 3. The first-order chi connectivity index (χ1) is 15.9. The lowest BCUT2D eigenvalue weighted by molar-refractivity contribution is -0.159. The van der Waals surface area contributed by atoms with E-state index in [0.29, 0.717) is 18.5 Å². The van der Waals surface area contributed by atoms with Gasteiger partial charge in [0.1, 0.15) is 6.04 Å². The molecule has 1 unspecified atom stereocenters. The van der Waals surface area contributed by atoms with Crippen molar-refractivity contribution in [2.45, 2.75) is 32.4 Å². The van der Waals surface area contributed by atoms with Gasteiger partial charge >= 0.3 is 5.97 Å². The van der Waals surface area contributed by atoms with Gasteiger partial charge in [-0.2, -0.15) is 0 Å². The van der Waals surface area contributed by atoms with Gasteiger partial charge in [-0.3, -0.25) is 9.59 Å². The van der Waals surface area contributed by atoms with Crippen molar-refractivity contribution in [3.8, 4) is 0 Å². The molecule has 3 aromatic rings. The van der Waals surface area contributed by atoms with Crippen LogP contribution in [0.4, 0.5) is 0 Å². The van der Waals surface area contributed by atoms with E-state index in [0.717, 1.165) is 27.7 Å². The Bertz CT molecular complexity index is 1240. The van der Waals surface area contributed by atoms with Crippen molar-refractivity contribution in [1.82, 2.24) is 14.8 Å². The summed E-state index contributed by atoms with van der Waals surface area (Å²) in [6.07, 6.45) is 0.481. The second-order valence-corrected chi connectivity index (χ2v) is 9.21. The van der Waals surface area contributed by atoms with E-state index < -0.39 is 18.1 Å². The molecule has 5 rings (SSSR count). The molecule has 33 heavy (non-hydrogen) atoms. The SMILES string of the molecule is COC(=O)c1ccc(C2c3[nH]c4ccccc4c3C[C@H]3C(=O)N(CC(C)C)CC(=O)N23)cc1. The summed E-state index contributed by atoms with van der Waals surface area (Å²) >= 11 is 0. The summed E-state index contributed by atoms with van der Waals surface area (Å²) < 4.78 is 4.82. The molecule has 1 fully saturated rings. The fourth-order valence-corrected chi connectivity index (χ4v) is 5.18. The molecule has 1 saturated heterocycles. The molecule has 3 heterocycles. The number of carbonyl (C=O) groups is 3. The summed E-state index contributed by atoms with van der Waals surface area (Å²) in [6.45, 7) is 4.75. The molecule has 2 atom stereocenters. The van der Waals surface area contributed by atoms with Crippen molar-refractivity contribution >= 4 is 28.7 Å². The van der Waals surface area contributed by atoms with Crippen LogP contribution >= 0.6 is 0 Å². The number of piperazine rings is 1. The Kier molecular flexibility index (Phi) is 5.19. The van der Waals surface area contributed by atoms with Crippen LogP contribution in [0, 0.1) is 5.92 Å². The van der Waals surface area contributed by atoms with Gasteiger partial charge in [0.25, 0.3) is 0 Å². The largest absolute Gasteiger partial charge is 0.465 e. The molecule has 1 aromatic heterocycles. The number of esters is 1. The molecule has 7 nitrogen and oxygen atoms in total. The predicted molar refractivity (Wildman–Crippen MR) is 124 cm³/mol. The molecule has 2 aliphatic rings. The lowest BCUT2D eigenvalue weighted by Gasteiger charge is -2.47. The number of nitrogens with one attached hydrogen (secondary N) is 1. The van der Waals surface area contributed by atoms with Gasteiger partial charge in [-0.25, -0.2) is 4.79 Å². The maximum Gasteiger partial charge on any atom is 0.337 e. The third-order valence-electron chi connectivity index (χ3n) is 6.58. The number of hydrogen-bond acceptors (Lipinski definition) is 4. The Hall–Kier alpha value is -3.61. The van der Waals surface area contributed by atoms with Crippen LogP contribution in [0.25, 0.3) is 10.9 Å². The summed E-state index contributed by atoms with van der Waals surface area (Å²) in [5, 5.41) is 1.07. The minimum atomic E-state index is -0.554. The molecule has 2 amide bonds. The Morgan fingerprint density at radius 3 is 2.55 bits per heavy atom. The molecule has 0 bridgehead atoms. The van der Waals surface area contributed by atoms with Crippen molar-refractivity contribution in [2.24, 2.45) is 5.92 Å². The zero-order valence-corrected chi connectivity index (χ0v) is 19.0. The molecule has 0 saturated carbocycles. The van der Waals surface area contributed by atoms with Gasteiger partial charge in [0.05, 0.1) is 25.3 Å². The number of aromatic nitrogens is 1. The van der Waals surface area contributed by atoms with Crippen LogP contribution in [0.2, 0.25) is 0 Å². The molecule has 0 radical (unpaired) electrons. The molecule has 170 valence electrons. The number of para-hydroxylation sites is 1. The van der Waals surface area contributed by atoms with Gasteiger partial charge in [-0.1, -0.05) is 44.2 Å². The third-order valence-corrected chi connectivity index (χ3v) is 6.58. The summed E-state index contributed by atoms with van der Waals surface area (Å²) in [5.41, 5.74) is 4.27. The number of methoxy groups -OCH3 is 1. The number of nitrogens with zero attached hydrogens (tertiary/aromatic N) is 2. The highest BCUT2D eigenvalue weighted by Gasteiger charge is 2.48. The van der Waals surface area contributed by atoms with Gasteiger partial charge in [0, 0.05) is 29.6 Å².